The summed E-state index contributed by atoms with van der Waals surface area (Å²) in [4.78, 5) is 25.0. The number of carbonyl (C=O) groups excluding carboxylic acids is 1. The van der Waals surface area contributed by atoms with Crippen LogP contribution in [0.15, 0.2) is 52.9 Å². The van der Waals surface area contributed by atoms with Crippen molar-refractivity contribution >= 4 is 23.2 Å². The van der Waals surface area contributed by atoms with Gasteiger partial charge < -0.3 is 9.32 Å². The highest BCUT2D eigenvalue weighted by atomic mass is 35.5. The molecule has 0 unspecified atom stereocenters. The fourth-order valence-corrected chi connectivity index (χ4v) is 2.95. The first-order chi connectivity index (χ1) is 13.5. The van der Waals surface area contributed by atoms with Gasteiger partial charge in [0.2, 0.25) is 11.8 Å². The summed E-state index contributed by atoms with van der Waals surface area (Å²) in [6.45, 7) is 2.33. The first-order valence-electron chi connectivity index (χ1n) is 8.61. The van der Waals surface area contributed by atoms with E-state index in [1.807, 2.05) is 6.92 Å². The van der Waals surface area contributed by atoms with E-state index in [4.69, 9.17) is 16.0 Å². The van der Waals surface area contributed by atoms with Crippen molar-refractivity contribution in [2.75, 3.05) is 6.54 Å². The minimum atomic E-state index is -0.570. The van der Waals surface area contributed by atoms with Crippen molar-refractivity contribution in [1.29, 1.82) is 0 Å². The van der Waals surface area contributed by atoms with Gasteiger partial charge in [-0.3, -0.25) is 14.9 Å². The van der Waals surface area contributed by atoms with E-state index in [0.29, 0.717) is 23.6 Å². The van der Waals surface area contributed by atoms with Crippen LogP contribution in [0, 0.1) is 10.1 Å². The van der Waals surface area contributed by atoms with E-state index in [1.54, 1.807) is 30.3 Å². The van der Waals surface area contributed by atoms with Crippen LogP contribution < -0.4 is 0 Å². The number of amides is 1. The molecule has 0 aliphatic heterocycles. The zero-order valence-corrected chi connectivity index (χ0v) is 15.8. The lowest BCUT2D eigenvalue weighted by Crippen LogP contribution is -2.31. The normalized spacial score (nSPS) is 10.6. The fraction of sp³-hybridized carbons (Fsp3) is 0.211. The Morgan fingerprint density at radius 1 is 1.18 bits per heavy atom. The molecule has 3 aromatic rings. The van der Waals surface area contributed by atoms with Crippen LogP contribution in [-0.4, -0.2) is 32.5 Å². The molecule has 2 aromatic carbocycles. The Balaban J connectivity index is 1.86. The van der Waals surface area contributed by atoms with Crippen molar-refractivity contribution in [3.63, 3.8) is 0 Å². The molecular formula is C19H17ClN4O4. The molecule has 0 fully saturated rings. The SMILES string of the molecule is CCCN(Cc1nnc(-c2ccccc2Cl)o1)C(=O)c1ccccc1[N+](=O)[O-]. The molecule has 0 N–H and O–H groups in total. The number of hydrogen-bond donors (Lipinski definition) is 0. The second-order valence-electron chi connectivity index (χ2n) is 5.98. The maximum atomic E-state index is 12.9. The van der Waals surface area contributed by atoms with E-state index in [-0.39, 0.29) is 29.6 Å². The van der Waals surface area contributed by atoms with Crippen LogP contribution in [0.5, 0.6) is 0 Å². The van der Waals surface area contributed by atoms with E-state index in [2.05, 4.69) is 10.2 Å². The molecule has 9 heteroatoms. The van der Waals surface area contributed by atoms with Gasteiger partial charge >= 0.3 is 0 Å². The highest BCUT2D eigenvalue weighted by molar-refractivity contribution is 6.33. The van der Waals surface area contributed by atoms with Crippen LogP contribution in [0.3, 0.4) is 0 Å². The van der Waals surface area contributed by atoms with Crippen molar-refractivity contribution in [3.8, 4) is 11.5 Å². The number of para-hydroxylation sites is 1. The minimum Gasteiger partial charge on any atom is -0.419 e. The maximum absolute atomic E-state index is 12.9. The van der Waals surface area contributed by atoms with Gasteiger partial charge in [-0.05, 0) is 24.6 Å². The second kappa shape index (κ2) is 8.62. The molecule has 1 heterocycles. The van der Waals surface area contributed by atoms with Crippen molar-refractivity contribution in [3.05, 3.63) is 75.1 Å². The van der Waals surface area contributed by atoms with Gasteiger partial charge in [0.25, 0.3) is 11.6 Å². The van der Waals surface area contributed by atoms with E-state index in [1.165, 1.54) is 23.1 Å². The Morgan fingerprint density at radius 3 is 2.61 bits per heavy atom. The lowest BCUT2D eigenvalue weighted by molar-refractivity contribution is -0.385. The van der Waals surface area contributed by atoms with E-state index in [0.717, 1.165) is 0 Å². The lowest BCUT2D eigenvalue weighted by Gasteiger charge is -2.20. The number of nitrogens with zero attached hydrogens (tertiary/aromatic N) is 4. The first-order valence-corrected chi connectivity index (χ1v) is 8.99. The van der Waals surface area contributed by atoms with Gasteiger partial charge in [-0.15, -0.1) is 10.2 Å². The number of aromatic nitrogens is 2. The highest BCUT2D eigenvalue weighted by Crippen LogP contribution is 2.27. The average molecular weight is 401 g/mol. The topological polar surface area (TPSA) is 102 Å². The summed E-state index contributed by atoms with van der Waals surface area (Å²) < 4.78 is 5.66. The van der Waals surface area contributed by atoms with E-state index < -0.39 is 10.8 Å². The number of halogens is 1. The van der Waals surface area contributed by atoms with Gasteiger partial charge in [0.1, 0.15) is 5.56 Å². The van der Waals surface area contributed by atoms with Crippen molar-refractivity contribution in [2.45, 2.75) is 19.9 Å². The quantitative estimate of drug-likeness (QED) is 0.431. The molecule has 0 spiro atoms. The van der Waals surface area contributed by atoms with Gasteiger partial charge in [-0.1, -0.05) is 42.8 Å². The Bertz CT molecular complexity index is 1000. The van der Waals surface area contributed by atoms with Crippen molar-refractivity contribution in [2.24, 2.45) is 0 Å². The van der Waals surface area contributed by atoms with Gasteiger partial charge in [-0.2, -0.15) is 0 Å². The molecular weight excluding hydrogens is 384 g/mol. The van der Waals surface area contributed by atoms with E-state index in [9.17, 15) is 14.9 Å². The van der Waals surface area contributed by atoms with Gasteiger partial charge in [-0.25, -0.2) is 0 Å². The average Bonchev–Trinajstić information content (AvgIpc) is 3.15. The maximum Gasteiger partial charge on any atom is 0.282 e. The van der Waals surface area contributed by atoms with Crippen LogP contribution in [0.1, 0.15) is 29.6 Å². The molecule has 0 saturated carbocycles. The monoisotopic (exact) mass is 400 g/mol. The summed E-state index contributed by atoms with van der Waals surface area (Å²) in [6, 6.07) is 12.9. The third-order valence-corrected chi connectivity index (χ3v) is 4.34. The molecule has 1 aromatic heterocycles. The number of rotatable bonds is 7. The van der Waals surface area contributed by atoms with Crippen molar-refractivity contribution < 1.29 is 14.1 Å². The van der Waals surface area contributed by atoms with E-state index >= 15 is 0 Å². The summed E-state index contributed by atoms with van der Waals surface area (Å²) in [5, 5.41) is 19.7. The first kappa shape index (κ1) is 19.5. The fourth-order valence-electron chi connectivity index (χ4n) is 2.73. The zero-order valence-electron chi connectivity index (χ0n) is 15.0. The Kier molecular flexibility index (Phi) is 6.00. The van der Waals surface area contributed by atoms with Gasteiger partial charge in [0, 0.05) is 12.6 Å². The Morgan fingerprint density at radius 2 is 1.89 bits per heavy atom. The predicted octanol–water partition coefficient (Wildman–Crippen LogP) is 4.35. The number of benzene rings is 2. The summed E-state index contributed by atoms with van der Waals surface area (Å²) in [7, 11) is 0. The molecule has 0 atom stereocenters. The van der Waals surface area contributed by atoms with Crippen LogP contribution in [-0.2, 0) is 6.54 Å². The lowest BCUT2D eigenvalue weighted by atomic mass is 10.1. The highest BCUT2D eigenvalue weighted by Gasteiger charge is 2.25. The summed E-state index contributed by atoms with van der Waals surface area (Å²) in [5.41, 5.74) is 0.373. The Labute approximate surface area is 165 Å². The minimum absolute atomic E-state index is 0.0202. The zero-order chi connectivity index (χ0) is 20.1. The molecule has 3 rings (SSSR count). The standard InChI is InChI=1S/C19H17ClN4O4/c1-2-11-23(19(25)14-8-4-6-10-16(14)24(26)27)12-17-21-22-18(28-17)13-7-3-5-9-15(13)20/h3-10H,2,11-12H2,1H3. The summed E-state index contributed by atoms with van der Waals surface area (Å²) in [6.07, 6.45) is 0.665. The Hall–Kier alpha value is -3.26. The molecule has 0 radical (unpaired) electrons. The molecule has 0 bridgehead atoms. The number of hydrogen-bond acceptors (Lipinski definition) is 6. The van der Waals surface area contributed by atoms with Crippen molar-refractivity contribution in [1.82, 2.24) is 15.1 Å². The smallest absolute Gasteiger partial charge is 0.282 e. The molecule has 0 aliphatic carbocycles. The third-order valence-electron chi connectivity index (χ3n) is 4.01. The molecule has 28 heavy (non-hydrogen) atoms. The molecule has 0 saturated heterocycles. The van der Waals surface area contributed by atoms with Crippen LogP contribution in [0.4, 0.5) is 5.69 Å². The predicted molar refractivity (Wildman–Crippen MR) is 103 cm³/mol. The summed E-state index contributed by atoms with van der Waals surface area (Å²) in [5.74, 6) is -0.00265. The molecule has 144 valence electrons. The van der Waals surface area contributed by atoms with Crippen LogP contribution >= 0.6 is 11.6 Å². The van der Waals surface area contributed by atoms with Gasteiger partial charge in [0.15, 0.2) is 0 Å². The molecule has 8 nitrogen and oxygen atoms in total. The number of nitro groups is 1. The van der Waals surface area contributed by atoms with Gasteiger partial charge in [0.05, 0.1) is 22.1 Å². The molecule has 1 amide bonds. The number of nitro benzene ring substituents is 1. The largest absolute Gasteiger partial charge is 0.419 e. The number of carbonyl (C=O) groups is 1. The molecule has 0 aliphatic rings. The van der Waals surface area contributed by atoms with Crippen LogP contribution in [0.2, 0.25) is 5.02 Å². The third kappa shape index (κ3) is 4.17. The summed E-state index contributed by atoms with van der Waals surface area (Å²) >= 11 is 6.14. The second-order valence-corrected chi connectivity index (χ2v) is 6.39. The van der Waals surface area contributed by atoms with Crippen LogP contribution in [0.25, 0.3) is 11.5 Å².